The summed E-state index contributed by atoms with van der Waals surface area (Å²) in [4.78, 5) is 0. The molecule has 2 aliphatic rings. The lowest BCUT2D eigenvalue weighted by Gasteiger charge is -2.43. The van der Waals surface area contributed by atoms with E-state index in [1.54, 1.807) is 12.1 Å². The fourth-order valence-electron chi connectivity index (χ4n) is 3.24. The van der Waals surface area contributed by atoms with Crippen molar-refractivity contribution in [3.8, 4) is 17.1 Å². The second-order valence-corrected chi connectivity index (χ2v) is 6.64. The highest BCUT2D eigenvalue weighted by molar-refractivity contribution is 5.67. The molecule has 0 aliphatic carbocycles. The maximum atomic E-state index is 14.2. The Balaban J connectivity index is 1.84. The molecule has 1 aromatic heterocycles. The second-order valence-electron chi connectivity index (χ2n) is 6.64. The van der Waals surface area contributed by atoms with Crippen LogP contribution in [0.15, 0.2) is 24.3 Å². The Morgan fingerprint density at radius 3 is 2.64 bits per heavy atom. The monoisotopic (exact) mass is 302 g/mol. The number of hydrogen-bond donors (Lipinski definition) is 0. The van der Waals surface area contributed by atoms with E-state index in [9.17, 15) is 4.39 Å². The molecule has 0 atom stereocenters. The van der Waals surface area contributed by atoms with Crippen LogP contribution in [0.4, 0.5) is 4.39 Å². The molecule has 0 N–H and O–H groups in total. The first-order chi connectivity index (χ1) is 10.6. The Hall–Kier alpha value is -1.88. The van der Waals surface area contributed by atoms with Crippen LogP contribution in [0, 0.1) is 11.2 Å². The summed E-state index contributed by atoms with van der Waals surface area (Å²) in [5.74, 6) is 0.748. The summed E-state index contributed by atoms with van der Waals surface area (Å²) in [5.41, 5.74) is 2.26. The molecule has 0 unspecified atom stereocenters. The van der Waals surface area contributed by atoms with Crippen LogP contribution in [0.3, 0.4) is 0 Å². The minimum atomic E-state index is -0.249. The van der Waals surface area contributed by atoms with Crippen molar-refractivity contribution in [3.05, 3.63) is 35.6 Å². The van der Waals surface area contributed by atoms with Gasteiger partial charge in [-0.05, 0) is 18.1 Å². The van der Waals surface area contributed by atoms with Gasteiger partial charge in [-0.2, -0.15) is 5.10 Å². The molecule has 3 heterocycles. The van der Waals surface area contributed by atoms with Crippen molar-refractivity contribution in [2.75, 3.05) is 19.8 Å². The third-order valence-corrected chi connectivity index (χ3v) is 4.46. The van der Waals surface area contributed by atoms with Gasteiger partial charge in [0, 0.05) is 11.1 Å². The molecule has 0 saturated carbocycles. The molecule has 2 aliphatic heterocycles. The van der Waals surface area contributed by atoms with Gasteiger partial charge in [0.25, 0.3) is 0 Å². The molecule has 0 amide bonds. The van der Waals surface area contributed by atoms with Gasteiger partial charge < -0.3 is 9.47 Å². The summed E-state index contributed by atoms with van der Waals surface area (Å²) in [6.07, 6.45) is 0. The van der Waals surface area contributed by atoms with Crippen molar-refractivity contribution in [2.24, 2.45) is 5.41 Å². The van der Waals surface area contributed by atoms with E-state index in [0.717, 1.165) is 18.0 Å². The molecule has 1 fully saturated rings. The van der Waals surface area contributed by atoms with Gasteiger partial charge in [-0.25, -0.2) is 9.07 Å². The van der Waals surface area contributed by atoms with Crippen LogP contribution in [0.2, 0.25) is 0 Å². The molecule has 4 nitrogen and oxygen atoms in total. The largest absolute Gasteiger partial charge is 0.477 e. The van der Waals surface area contributed by atoms with Gasteiger partial charge >= 0.3 is 0 Å². The minimum absolute atomic E-state index is 0.0414. The molecule has 0 bridgehead atoms. The first-order valence-electron chi connectivity index (χ1n) is 7.66. The zero-order chi connectivity index (χ0) is 15.3. The SMILES string of the molecule is CC(C)c1c(-c2ccccc2F)nn2c1OCC1(COC1)C2. The summed E-state index contributed by atoms with van der Waals surface area (Å²) in [6, 6.07) is 6.78. The van der Waals surface area contributed by atoms with Gasteiger partial charge in [0.15, 0.2) is 0 Å². The third-order valence-electron chi connectivity index (χ3n) is 4.46. The molecule has 1 saturated heterocycles. The fourth-order valence-corrected chi connectivity index (χ4v) is 3.24. The van der Waals surface area contributed by atoms with Crippen LogP contribution < -0.4 is 4.74 Å². The van der Waals surface area contributed by atoms with E-state index in [1.807, 2.05) is 10.7 Å². The number of nitrogens with zero attached hydrogens (tertiary/aromatic N) is 2. The smallest absolute Gasteiger partial charge is 0.216 e. The second kappa shape index (κ2) is 4.81. The number of aromatic nitrogens is 2. The molecule has 1 spiro atoms. The first kappa shape index (κ1) is 13.8. The third kappa shape index (κ3) is 1.96. The van der Waals surface area contributed by atoms with E-state index in [1.165, 1.54) is 6.07 Å². The van der Waals surface area contributed by atoms with Gasteiger partial charge in [0.2, 0.25) is 5.88 Å². The fraction of sp³-hybridized carbons (Fsp3) is 0.471. The van der Waals surface area contributed by atoms with Crippen molar-refractivity contribution in [3.63, 3.8) is 0 Å². The average molecular weight is 302 g/mol. The highest BCUT2D eigenvalue weighted by Gasteiger charge is 2.45. The predicted octanol–water partition coefficient (Wildman–Crippen LogP) is 3.22. The average Bonchev–Trinajstić information content (AvgIpc) is 2.84. The molecule has 0 radical (unpaired) electrons. The maximum Gasteiger partial charge on any atom is 0.216 e. The summed E-state index contributed by atoms with van der Waals surface area (Å²) >= 11 is 0. The maximum absolute atomic E-state index is 14.2. The molecule has 2 aromatic rings. The first-order valence-corrected chi connectivity index (χ1v) is 7.66. The van der Waals surface area contributed by atoms with Crippen LogP contribution >= 0.6 is 0 Å². The molecule has 5 heteroatoms. The lowest BCUT2D eigenvalue weighted by Crippen LogP contribution is -2.52. The van der Waals surface area contributed by atoms with Crippen molar-refractivity contribution in [1.82, 2.24) is 9.78 Å². The number of rotatable bonds is 2. The van der Waals surface area contributed by atoms with E-state index < -0.39 is 0 Å². The van der Waals surface area contributed by atoms with Gasteiger partial charge in [0.1, 0.15) is 18.1 Å². The number of fused-ring (bicyclic) bond motifs is 1. The highest BCUT2D eigenvalue weighted by Crippen LogP contribution is 2.43. The van der Waals surface area contributed by atoms with E-state index in [-0.39, 0.29) is 17.2 Å². The van der Waals surface area contributed by atoms with Crippen LogP contribution in [-0.2, 0) is 11.3 Å². The Morgan fingerprint density at radius 1 is 1.23 bits per heavy atom. The molecule has 4 rings (SSSR count). The Kier molecular flexibility index (Phi) is 3.01. The summed E-state index contributed by atoms with van der Waals surface area (Å²) < 4.78 is 27.4. The lowest BCUT2D eigenvalue weighted by atomic mass is 9.86. The summed E-state index contributed by atoms with van der Waals surface area (Å²) in [5, 5.41) is 4.68. The molecule has 116 valence electrons. The zero-order valence-electron chi connectivity index (χ0n) is 12.8. The lowest BCUT2D eigenvalue weighted by molar-refractivity contribution is -0.154. The molecular formula is C17H19FN2O2. The number of benzene rings is 1. The molecular weight excluding hydrogens is 283 g/mol. The Labute approximate surface area is 128 Å². The van der Waals surface area contributed by atoms with Gasteiger partial charge in [-0.3, -0.25) is 0 Å². The Morgan fingerprint density at radius 2 is 2.00 bits per heavy atom. The van der Waals surface area contributed by atoms with E-state index in [2.05, 4.69) is 18.9 Å². The Bertz CT molecular complexity index is 719. The quantitative estimate of drug-likeness (QED) is 0.854. The van der Waals surface area contributed by atoms with E-state index in [4.69, 9.17) is 9.47 Å². The predicted molar refractivity (Wildman–Crippen MR) is 80.5 cm³/mol. The van der Waals surface area contributed by atoms with Crippen molar-refractivity contribution < 1.29 is 13.9 Å². The summed E-state index contributed by atoms with van der Waals surface area (Å²) in [6.45, 7) is 7.01. The number of hydrogen-bond acceptors (Lipinski definition) is 3. The van der Waals surface area contributed by atoms with Crippen LogP contribution in [0.1, 0.15) is 25.3 Å². The number of ether oxygens (including phenoxy) is 2. The van der Waals surface area contributed by atoms with Gasteiger partial charge in [0.05, 0.1) is 25.2 Å². The van der Waals surface area contributed by atoms with Crippen LogP contribution in [-0.4, -0.2) is 29.6 Å². The van der Waals surface area contributed by atoms with Gasteiger partial charge in [-0.1, -0.05) is 26.0 Å². The molecule has 1 aromatic carbocycles. The minimum Gasteiger partial charge on any atom is -0.477 e. The van der Waals surface area contributed by atoms with E-state index >= 15 is 0 Å². The van der Waals surface area contributed by atoms with E-state index in [0.29, 0.717) is 31.1 Å². The standard InChI is InChI=1S/C17H19FN2O2/c1-11(2)14-15(12-5-3-4-6-13(12)18)19-20-7-17(8-21-9-17)10-22-16(14)20/h3-6,11H,7-10H2,1-2H3. The highest BCUT2D eigenvalue weighted by atomic mass is 19.1. The van der Waals surface area contributed by atoms with Crippen LogP contribution in [0.5, 0.6) is 5.88 Å². The number of halogens is 1. The topological polar surface area (TPSA) is 36.3 Å². The van der Waals surface area contributed by atoms with Gasteiger partial charge in [-0.15, -0.1) is 0 Å². The van der Waals surface area contributed by atoms with Crippen molar-refractivity contribution in [1.29, 1.82) is 0 Å². The zero-order valence-corrected chi connectivity index (χ0v) is 12.8. The summed E-state index contributed by atoms with van der Waals surface area (Å²) in [7, 11) is 0. The molecule has 22 heavy (non-hydrogen) atoms. The van der Waals surface area contributed by atoms with Crippen molar-refractivity contribution in [2.45, 2.75) is 26.3 Å². The normalized spacial score (nSPS) is 18.9. The van der Waals surface area contributed by atoms with Crippen molar-refractivity contribution >= 4 is 0 Å². The van der Waals surface area contributed by atoms with Crippen LogP contribution in [0.25, 0.3) is 11.3 Å².